The van der Waals surface area contributed by atoms with Crippen LogP contribution in [0, 0.1) is 0 Å². The van der Waals surface area contributed by atoms with E-state index in [-0.39, 0.29) is 11.6 Å². The lowest BCUT2D eigenvalue weighted by atomic mass is 10.1. The fourth-order valence-electron chi connectivity index (χ4n) is 1.72. The van der Waals surface area contributed by atoms with Crippen LogP contribution in [-0.4, -0.2) is 18.7 Å². The average molecular weight is 266 g/mol. The SMILES string of the molecule is COc1cccc(C(=O)C=CC(=O)c2ccccc2)c1. The molecule has 0 N–H and O–H groups in total. The summed E-state index contributed by atoms with van der Waals surface area (Å²) in [6.07, 6.45) is 2.57. The largest absolute Gasteiger partial charge is 0.497 e. The van der Waals surface area contributed by atoms with Crippen molar-refractivity contribution in [3.63, 3.8) is 0 Å². The summed E-state index contributed by atoms with van der Waals surface area (Å²) in [6, 6.07) is 15.6. The number of rotatable bonds is 5. The summed E-state index contributed by atoms with van der Waals surface area (Å²) in [7, 11) is 1.54. The van der Waals surface area contributed by atoms with Gasteiger partial charge in [-0.1, -0.05) is 42.5 Å². The average Bonchev–Trinajstić information content (AvgIpc) is 2.53. The molecule has 0 bridgehead atoms. The molecule has 0 saturated heterocycles. The van der Waals surface area contributed by atoms with Gasteiger partial charge in [-0.15, -0.1) is 0 Å². The van der Waals surface area contributed by atoms with Crippen LogP contribution in [0.4, 0.5) is 0 Å². The molecule has 2 rings (SSSR count). The van der Waals surface area contributed by atoms with Crippen molar-refractivity contribution in [1.29, 1.82) is 0 Å². The van der Waals surface area contributed by atoms with Crippen molar-refractivity contribution in [1.82, 2.24) is 0 Å². The third-order valence-electron chi connectivity index (χ3n) is 2.80. The van der Waals surface area contributed by atoms with Crippen molar-refractivity contribution < 1.29 is 14.3 Å². The van der Waals surface area contributed by atoms with Crippen LogP contribution in [-0.2, 0) is 0 Å². The quantitative estimate of drug-likeness (QED) is 0.616. The van der Waals surface area contributed by atoms with Crippen molar-refractivity contribution in [2.24, 2.45) is 0 Å². The van der Waals surface area contributed by atoms with Crippen LogP contribution >= 0.6 is 0 Å². The molecule has 0 aliphatic heterocycles. The summed E-state index contributed by atoms with van der Waals surface area (Å²) in [6.45, 7) is 0. The predicted molar refractivity (Wildman–Crippen MR) is 77.2 cm³/mol. The summed E-state index contributed by atoms with van der Waals surface area (Å²) in [5, 5.41) is 0. The molecule has 2 aromatic carbocycles. The molecule has 20 heavy (non-hydrogen) atoms. The standard InChI is InChI=1S/C17H14O3/c1-20-15-9-5-8-14(12-15)17(19)11-10-16(18)13-6-3-2-4-7-13/h2-12H,1H3. The Morgan fingerprint density at radius 1 is 0.850 bits per heavy atom. The van der Waals surface area contributed by atoms with E-state index in [4.69, 9.17) is 4.74 Å². The highest BCUT2D eigenvalue weighted by molar-refractivity contribution is 6.11. The van der Waals surface area contributed by atoms with Crippen molar-refractivity contribution in [2.45, 2.75) is 0 Å². The lowest BCUT2D eigenvalue weighted by Crippen LogP contribution is -1.98. The Balaban J connectivity index is 2.11. The van der Waals surface area contributed by atoms with Gasteiger partial charge in [0.15, 0.2) is 11.6 Å². The van der Waals surface area contributed by atoms with Gasteiger partial charge in [0.1, 0.15) is 5.75 Å². The number of methoxy groups -OCH3 is 1. The Hall–Kier alpha value is -2.68. The number of carbonyl (C=O) groups excluding carboxylic acids is 2. The van der Waals surface area contributed by atoms with Crippen LogP contribution in [0.1, 0.15) is 20.7 Å². The van der Waals surface area contributed by atoms with Gasteiger partial charge in [-0.2, -0.15) is 0 Å². The van der Waals surface area contributed by atoms with Crippen LogP contribution in [0.2, 0.25) is 0 Å². The molecule has 0 fully saturated rings. The van der Waals surface area contributed by atoms with Crippen LogP contribution in [0.15, 0.2) is 66.7 Å². The zero-order valence-corrected chi connectivity index (χ0v) is 11.1. The zero-order chi connectivity index (χ0) is 14.4. The lowest BCUT2D eigenvalue weighted by Gasteiger charge is -2.01. The Kier molecular flexibility index (Phi) is 4.45. The molecular weight excluding hydrogens is 252 g/mol. The monoisotopic (exact) mass is 266 g/mol. The summed E-state index contributed by atoms with van der Waals surface area (Å²) >= 11 is 0. The first-order valence-corrected chi connectivity index (χ1v) is 6.16. The Morgan fingerprint density at radius 2 is 1.45 bits per heavy atom. The first-order valence-electron chi connectivity index (χ1n) is 6.16. The Morgan fingerprint density at radius 3 is 2.10 bits per heavy atom. The summed E-state index contributed by atoms with van der Waals surface area (Å²) in [5.41, 5.74) is 1.05. The maximum Gasteiger partial charge on any atom is 0.186 e. The molecule has 0 unspecified atom stereocenters. The van der Waals surface area contributed by atoms with E-state index in [0.717, 1.165) is 0 Å². The van der Waals surface area contributed by atoms with Gasteiger partial charge in [0.2, 0.25) is 0 Å². The zero-order valence-electron chi connectivity index (χ0n) is 11.1. The number of ether oxygens (including phenoxy) is 1. The van der Waals surface area contributed by atoms with E-state index in [1.54, 1.807) is 55.6 Å². The highest BCUT2D eigenvalue weighted by Crippen LogP contribution is 2.13. The highest BCUT2D eigenvalue weighted by atomic mass is 16.5. The van der Waals surface area contributed by atoms with E-state index in [1.165, 1.54) is 12.2 Å². The fraction of sp³-hybridized carbons (Fsp3) is 0.0588. The van der Waals surface area contributed by atoms with Crippen molar-refractivity contribution in [3.8, 4) is 5.75 Å². The number of hydrogen-bond donors (Lipinski definition) is 0. The smallest absolute Gasteiger partial charge is 0.186 e. The minimum absolute atomic E-state index is 0.193. The minimum atomic E-state index is -0.229. The van der Waals surface area contributed by atoms with Crippen molar-refractivity contribution in [3.05, 3.63) is 77.9 Å². The van der Waals surface area contributed by atoms with Gasteiger partial charge < -0.3 is 4.74 Å². The number of carbonyl (C=O) groups is 2. The topological polar surface area (TPSA) is 43.4 Å². The van der Waals surface area contributed by atoms with E-state index in [2.05, 4.69) is 0 Å². The lowest BCUT2D eigenvalue weighted by molar-refractivity contribution is 0.102. The number of allylic oxidation sites excluding steroid dienone is 2. The first-order chi connectivity index (χ1) is 9.70. The molecular formula is C17H14O3. The van der Waals surface area contributed by atoms with Crippen LogP contribution in [0.25, 0.3) is 0 Å². The van der Waals surface area contributed by atoms with E-state index in [0.29, 0.717) is 16.9 Å². The van der Waals surface area contributed by atoms with Gasteiger partial charge in [-0.05, 0) is 24.3 Å². The Bertz CT molecular complexity index is 642. The molecule has 0 aliphatic rings. The number of benzene rings is 2. The molecule has 0 aliphatic carbocycles. The molecule has 0 amide bonds. The van der Waals surface area contributed by atoms with E-state index in [9.17, 15) is 9.59 Å². The third kappa shape index (κ3) is 3.42. The van der Waals surface area contributed by atoms with Crippen molar-refractivity contribution in [2.75, 3.05) is 7.11 Å². The first kappa shape index (κ1) is 13.7. The molecule has 0 radical (unpaired) electrons. The number of ketones is 2. The molecule has 3 heteroatoms. The van der Waals surface area contributed by atoms with Crippen LogP contribution < -0.4 is 4.74 Å². The summed E-state index contributed by atoms with van der Waals surface area (Å²) in [4.78, 5) is 23.8. The van der Waals surface area contributed by atoms with Gasteiger partial charge in [0.05, 0.1) is 7.11 Å². The predicted octanol–water partition coefficient (Wildman–Crippen LogP) is 3.32. The van der Waals surface area contributed by atoms with Crippen molar-refractivity contribution >= 4 is 11.6 Å². The molecule has 0 heterocycles. The minimum Gasteiger partial charge on any atom is -0.497 e. The maximum atomic E-state index is 12.0. The van der Waals surface area contributed by atoms with E-state index >= 15 is 0 Å². The van der Waals surface area contributed by atoms with Gasteiger partial charge in [-0.25, -0.2) is 0 Å². The second-order valence-corrected chi connectivity index (χ2v) is 4.16. The van der Waals surface area contributed by atoms with E-state index < -0.39 is 0 Å². The molecule has 2 aromatic rings. The van der Waals surface area contributed by atoms with Crippen LogP contribution in [0.5, 0.6) is 5.75 Å². The number of hydrogen-bond acceptors (Lipinski definition) is 3. The normalized spacial score (nSPS) is 10.4. The van der Waals surface area contributed by atoms with Gasteiger partial charge in [-0.3, -0.25) is 9.59 Å². The molecule has 100 valence electrons. The third-order valence-corrected chi connectivity index (χ3v) is 2.80. The molecule has 0 atom stereocenters. The molecule has 0 aromatic heterocycles. The second kappa shape index (κ2) is 6.48. The van der Waals surface area contributed by atoms with Gasteiger partial charge in [0, 0.05) is 11.1 Å². The van der Waals surface area contributed by atoms with Gasteiger partial charge in [0.25, 0.3) is 0 Å². The van der Waals surface area contributed by atoms with E-state index in [1.807, 2.05) is 6.07 Å². The highest BCUT2D eigenvalue weighted by Gasteiger charge is 2.05. The molecule has 3 nitrogen and oxygen atoms in total. The maximum absolute atomic E-state index is 12.0. The second-order valence-electron chi connectivity index (χ2n) is 4.16. The summed E-state index contributed by atoms with van der Waals surface area (Å²) in [5.74, 6) is 0.189. The molecule has 0 spiro atoms. The fourth-order valence-corrected chi connectivity index (χ4v) is 1.72. The van der Waals surface area contributed by atoms with Gasteiger partial charge >= 0.3 is 0 Å². The van der Waals surface area contributed by atoms with Crippen LogP contribution in [0.3, 0.4) is 0 Å². The Labute approximate surface area is 117 Å². The summed E-state index contributed by atoms with van der Waals surface area (Å²) < 4.78 is 5.06. The molecule has 0 saturated carbocycles.